The lowest BCUT2D eigenvalue weighted by Gasteiger charge is -2.32. The Morgan fingerprint density at radius 2 is 1.95 bits per heavy atom. The predicted octanol–water partition coefficient (Wildman–Crippen LogP) is 2.53. The van der Waals surface area contributed by atoms with E-state index >= 15 is 0 Å². The molecule has 0 amide bonds. The summed E-state index contributed by atoms with van der Waals surface area (Å²) < 4.78 is 11.2. The Labute approximate surface area is 125 Å². The van der Waals surface area contributed by atoms with E-state index in [0.29, 0.717) is 25.2 Å². The number of ether oxygens (including phenoxy) is 2. The van der Waals surface area contributed by atoms with Crippen LogP contribution in [0.3, 0.4) is 0 Å². The molecule has 2 fully saturated rings. The summed E-state index contributed by atoms with van der Waals surface area (Å²) in [6.07, 6.45) is 4.41. The maximum Gasteiger partial charge on any atom is 0.330 e. The van der Waals surface area contributed by atoms with Gasteiger partial charge in [0.1, 0.15) is 12.4 Å². The third-order valence-electron chi connectivity index (χ3n) is 4.16. The number of carbonyl (C=O) groups excluding carboxylic acids is 1. The third-order valence-corrected chi connectivity index (χ3v) is 4.16. The van der Waals surface area contributed by atoms with Crippen LogP contribution in [-0.2, 0) is 9.53 Å². The molecule has 3 rings (SSSR count). The van der Waals surface area contributed by atoms with Crippen LogP contribution in [-0.4, -0.2) is 30.8 Å². The molecule has 2 aliphatic rings. The fourth-order valence-electron chi connectivity index (χ4n) is 2.70. The van der Waals surface area contributed by atoms with E-state index in [-0.39, 0.29) is 5.97 Å². The Hall–Kier alpha value is -1.55. The molecule has 4 heteroatoms. The van der Waals surface area contributed by atoms with Crippen molar-refractivity contribution in [3.8, 4) is 5.75 Å². The highest BCUT2D eigenvalue weighted by Crippen LogP contribution is 2.42. The quantitative estimate of drug-likeness (QED) is 0.747. The first kappa shape index (κ1) is 14.4. The van der Waals surface area contributed by atoms with Gasteiger partial charge < -0.3 is 9.47 Å². The van der Waals surface area contributed by atoms with E-state index in [1.54, 1.807) is 0 Å². The van der Waals surface area contributed by atoms with E-state index in [9.17, 15) is 4.79 Å². The lowest BCUT2D eigenvalue weighted by molar-refractivity contribution is -0.154. The van der Waals surface area contributed by atoms with Gasteiger partial charge in [0, 0.05) is 6.04 Å². The molecule has 0 bridgehead atoms. The fourth-order valence-corrected chi connectivity index (χ4v) is 2.70. The molecular formula is C17H23NO3. The van der Waals surface area contributed by atoms with Crippen LogP contribution in [0.4, 0.5) is 0 Å². The number of para-hydroxylation sites is 1. The second kappa shape index (κ2) is 6.06. The molecular weight excluding hydrogens is 266 g/mol. The molecule has 4 nitrogen and oxygen atoms in total. The Morgan fingerprint density at radius 3 is 2.52 bits per heavy atom. The van der Waals surface area contributed by atoms with Crippen molar-refractivity contribution in [2.45, 2.75) is 44.2 Å². The summed E-state index contributed by atoms with van der Waals surface area (Å²) in [4.78, 5) is 12.6. The minimum Gasteiger partial charge on any atom is -0.491 e. The number of benzene rings is 1. The molecule has 1 unspecified atom stereocenters. The minimum absolute atomic E-state index is 0.157. The standard InChI is InChI=1S/C17H23NO3/c1-2-20-16(19)17(13-8-9-13,18-14-10-11-14)12-21-15-6-4-3-5-7-15/h3-7,13-14,18H,2,8-12H2,1H3. The monoisotopic (exact) mass is 289 g/mol. The zero-order valence-electron chi connectivity index (χ0n) is 12.5. The van der Waals surface area contributed by atoms with E-state index in [0.717, 1.165) is 31.4 Å². The van der Waals surface area contributed by atoms with E-state index < -0.39 is 5.54 Å². The van der Waals surface area contributed by atoms with Crippen LogP contribution in [0.15, 0.2) is 30.3 Å². The van der Waals surface area contributed by atoms with Crippen molar-refractivity contribution in [3.05, 3.63) is 30.3 Å². The number of hydrogen-bond donors (Lipinski definition) is 1. The van der Waals surface area contributed by atoms with Crippen molar-refractivity contribution < 1.29 is 14.3 Å². The van der Waals surface area contributed by atoms with Gasteiger partial charge in [-0.2, -0.15) is 0 Å². The number of esters is 1. The van der Waals surface area contributed by atoms with Crippen molar-refractivity contribution in [1.29, 1.82) is 0 Å². The van der Waals surface area contributed by atoms with Gasteiger partial charge in [-0.1, -0.05) is 18.2 Å². The van der Waals surface area contributed by atoms with Crippen LogP contribution in [0.25, 0.3) is 0 Å². The van der Waals surface area contributed by atoms with E-state index in [2.05, 4.69) is 5.32 Å². The molecule has 0 radical (unpaired) electrons. The third kappa shape index (κ3) is 3.38. The molecule has 0 saturated heterocycles. The molecule has 2 aliphatic carbocycles. The van der Waals surface area contributed by atoms with Gasteiger partial charge in [0.15, 0.2) is 5.54 Å². The van der Waals surface area contributed by atoms with Crippen molar-refractivity contribution >= 4 is 5.97 Å². The lowest BCUT2D eigenvalue weighted by Crippen LogP contribution is -2.59. The van der Waals surface area contributed by atoms with Crippen LogP contribution >= 0.6 is 0 Å². The Bertz CT molecular complexity index is 482. The number of hydrogen-bond acceptors (Lipinski definition) is 4. The number of carbonyl (C=O) groups is 1. The summed E-state index contributed by atoms with van der Waals surface area (Å²) in [5, 5.41) is 3.52. The van der Waals surface area contributed by atoms with Gasteiger partial charge in [0.2, 0.25) is 0 Å². The van der Waals surface area contributed by atoms with Crippen LogP contribution < -0.4 is 10.1 Å². The summed E-state index contributed by atoms with van der Waals surface area (Å²) in [5.41, 5.74) is -0.674. The second-order valence-electron chi connectivity index (χ2n) is 5.99. The topological polar surface area (TPSA) is 47.6 Å². The maximum atomic E-state index is 12.6. The Kier molecular flexibility index (Phi) is 4.15. The van der Waals surface area contributed by atoms with Crippen molar-refractivity contribution in [2.24, 2.45) is 5.92 Å². The van der Waals surface area contributed by atoms with Crippen molar-refractivity contribution in [3.63, 3.8) is 0 Å². The highest BCUT2D eigenvalue weighted by molar-refractivity contribution is 5.82. The summed E-state index contributed by atoms with van der Waals surface area (Å²) in [7, 11) is 0. The highest BCUT2D eigenvalue weighted by Gasteiger charge is 2.54. The molecule has 2 saturated carbocycles. The molecule has 1 aromatic carbocycles. The number of rotatable bonds is 8. The zero-order valence-corrected chi connectivity index (χ0v) is 12.5. The summed E-state index contributed by atoms with van der Waals surface area (Å²) in [5.74, 6) is 0.973. The van der Waals surface area contributed by atoms with Crippen molar-refractivity contribution in [1.82, 2.24) is 5.32 Å². The van der Waals surface area contributed by atoms with E-state index in [4.69, 9.17) is 9.47 Å². The Balaban J connectivity index is 1.74. The first-order valence-electron chi connectivity index (χ1n) is 7.87. The van der Waals surface area contributed by atoms with Gasteiger partial charge in [-0.05, 0) is 50.7 Å². The van der Waals surface area contributed by atoms with Gasteiger partial charge in [-0.15, -0.1) is 0 Å². The van der Waals surface area contributed by atoms with Crippen LogP contribution in [0, 0.1) is 5.92 Å². The average molecular weight is 289 g/mol. The molecule has 1 N–H and O–H groups in total. The predicted molar refractivity (Wildman–Crippen MR) is 80.2 cm³/mol. The molecule has 114 valence electrons. The molecule has 1 aromatic rings. The molecule has 21 heavy (non-hydrogen) atoms. The van der Waals surface area contributed by atoms with Gasteiger partial charge in [-0.3, -0.25) is 5.32 Å². The van der Waals surface area contributed by atoms with E-state index in [1.807, 2.05) is 37.3 Å². The first-order valence-corrected chi connectivity index (χ1v) is 7.87. The molecule has 0 spiro atoms. The maximum absolute atomic E-state index is 12.6. The van der Waals surface area contributed by atoms with Crippen molar-refractivity contribution in [2.75, 3.05) is 13.2 Å². The SMILES string of the molecule is CCOC(=O)C(COc1ccccc1)(NC1CC1)C1CC1. The van der Waals surface area contributed by atoms with Gasteiger partial charge in [0.25, 0.3) is 0 Å². The summed E-state index contributed by atoms with van der Waals surface area (Å²) >= 11 is 0. The molecule has 0 aromatic heterocycles. The largest absolute Gasteiger partial charge is 0.491 e. The first-order chi connectivity index (χ1) is 10.2. The Morgan fingerprint density at radius 1 is 1.24 bits per heavy atom. The van der Waals surface area contributed by atoms with Crippen LogP contribution in [0.2, 0.25) is 0 Å². The molecule has 1 atom stereocenters. The van der Waals surface area contributed by atoms with E-state index in [1.165, 1.54) is 0 Å². The second-order valence-corrected chi connectivity index (χ2v) is 5.99. The van der Waals surface area contributed by atoms with Crippen LogP contribution in [0.5, 0.6) is 5.75 Å². The highest BCUT2D eigenvalue weighted by atomic mass is 16.5. The van der Waals surface area contributed by atoms with Crippen LogP contribution in [0.1, 0.15) is 32.6 Å². The van der Waals surface area contributed by atoms with Gasteiger partial charge in [-0.25, -0.2) is 4.79 Å². The average Bonchev–Trinajstić information content (AvgIpc) is 3.38. The molecule has 0 aliphatic heterocycles. The lowest BCUT2D eigenvalue weighted by atomic mass is 9.93. The van der Waals surface area contributed by atoms with Gasteiger partial charge >= 0.3 is 5.97 Å². The normalized spacial score (nSPS) is 20.6. The number of nitrogens with one attached hydrogen (secondary N) is 1. The smallest absolute Gasteiger partial charge is 0.330 e. The fraction of sp³-hybridized carbons (Fsp3) is 0.588. The minimum atomic E-state index is -0.674. The summed E-state index contributed by atoms with van der Waals surface area (Å²) in [6, 6.07) is 10.1. The summed E-state index contributed by atoms with van der Waals surface area (Å²) in [6.45, 7) is 2.60. The van der Waals surface area contributed by atoms with Gasteiger partial charge in [0.05, 0.1) is 6.61 Å². The molecule has 0 heterocycles. The zero-order chi connectivity index (χ0) is 14.7.